The first-order chi connectivity index (χ1) is 16.1. The van der Waals surface area contributed by atoms with E-state index in [-0.39, 0.29) is 11.5 Å². The number of ether oxygens (including phenoxy) is 2. The molecule has 4 rings (SSSR count). The maximum atomic E-state index is 13.0. The Bertz CT molecular complexity index is 1290. The quantitative estimate of drug-likeness (QED) is 0.403. The molecule has 3 amide bonds. The van der Waals surface area contributed by atoms with Crippen LogP contribution >= 0.6 is 0 Å². The highest BCUT2D eigenvalue weighted by Gasteiger charge is 2.19. The van der Waals surface area contributed by atoms with Gasteiger partial charge in [0, 0.05) is 11.4 Å². The number of fused-ring (bicyclic) bond motifs is 1. The molecule has 0 aliphatic heterocycles. The first kappa shape index (κ1) is 21.6. The number of para-hydroxylation sites is 2. The Morgan fingerprint density at radius 3 is 1.73 bits per heavy atom. The maximum absolute atomic E-state index is 13.0. The van der Waals surface area contributed by atoms with Gasteiger partial charge in [-0.3, -0.25) is 10.1 Å². The summed E-state index contributed by atoms with van der Waals surface area (Å²) in [5, 5.41) is 8.10. The van der Waals surface area contributed by atoms with Crippen molar-refractivity contribution in [3.63, 3.8) is 0 Å². The number of methoxy groups -OCH3 is 2. The normalized spacial score (nSPS) is 10.4. The van der Waals surface area contributed by atoms with Crippen LogP contribution in [0.2, 0.25) is 0 Å². The maximum Gasteiger partial charge on any atom is 0.324 e. The average molecular weight is 443 g/mol. The summed E-state index contributed by atoms with van der Waals surface area (Å²) >= 11 is 0. The van der Waals surface area contributed by atoms with Gasteiger partial charge in [-0.15, -0.1) is 0 Å². The second-order valence-electron chi connectivity index (χ2n) is 6.90. The van der Waals surface area contributed by atoms with Crippen LogP contribution in [0.3, 0.4) is 0 Å². The third-order valence-electron chi connectivity index (χ3n) is 4.71. The van der Waals surface area contributed by atoms with Crippen molar-refractivity contribution in [1.29, 1.82) is 0 Å². The molecule has 3 aromatic carbocycles. The van der Waals surface area contributed by atoms with E-state index in [0.29, 0.717) is 33.9 Å². The zero-order valence-electron chi connectivity index (χ0n) is 18.0. The topological polar surface area (TPSA) is 114 Å². The van der Waals surface area contributed by atoms with Gasteiger partial charge in [-0.2, -0.15) is 0 Å². The first-order valence-electron chi connectivity index (χ1n) is 10.00. The van der Waals surface area contributed by atoms with Crippen molar-refractivity contribution in [3.05, 3.63) is 78.5 Å². The number of rotatable bonds is 6. The van der Waals surface area contributed by atoms with Crippen LogP contribution in [0.4, 0.5) is 22.0 Å². The Balaban J connectivity index is 1.59. The Labute approximate surface area is 189 Å². The molecular weight excluding hydrogens is 422 g/mol. The minimum atomic E-state index is -0.566. The van der Waals surface area contributed by atoms with Gasteiger partial charge < -0.3 is 20.1 Å². The average Bonchev–Trinajstić information content (AvgIpc) is 2.84. The van der Waals surface area contributed by atoms with Gasteiger partial charge in [-0.05, 0) is 60.7 Å². The number of anilines is 3. The smallest absolute Gasteiger partial charge is 0.324 e. The van der Waals surface area contributed by atoms with E-state index in [1.165, 1.54) is 0 Å². The van der Waals surface area contributed by atoms with Gasteiger partial charge in [-0.25, -0.2) is 14.8 Å². The molecule has 0 bridgehead atoms. The lowest BCUT2D eigenvalue weighted by molar-refractivity contribution is 0.102. The minimum Gasteiger partial charge on any atom is -0.497 e. The molecule has 0 saturated heterocycles. The van der Waals surface area contributed by atoms with Crippen molar-refractivity contribution >= 4 is 40.2 Å². The molecule has 3 N–H and O–H groups in total. The molecule has 0 fully saturated rings. The molecule has 1 heterocycles. The van der Waals surface area contributed by atoms with Crippen LogP contribution in [0.1, 0.15) is 10.5 Å². The summed E-state index contributed by atoms with van der Waals surface area (Å²) in [5.74, 6) is 0.846. The van der Waals surface area contributed by atoms with Crippen LogP contribution < -0.4 is 25.4 Å². The largest absolute Gasteiger partial charge is 0.497 e. The Hall–Kier alpha value is -4.66. The van der Waals surface area contributed by atoms with E-state index in [0.717, 1.165) is 0 Å². The number of aromatic nitrogens is 2. The third kappa shape index (κ3) is 5.16. The lowest BCUT2D eigenvalue weighted by Gasteiger charge is -2.12. The lowest BCUT2D eigenvalue weighted by atomic mass is 10.2. The number of hydrogen-bond donors (Lipinski definition) is 3. The number of urea groups is 1. The van der Waals surface area contributed by atoms with E-state index in [4.69, 9.17) is 9.47 Å². The number of carbonyl (C=O) groups is 2. The van der Waals surface area contributed by atoms with E-state index in [1.54, 1.807) is 87.0 Å². The number of nitrogens with one attached hydrogen (secondary N) is 3. The highest BCUT2D eigenvalue weighted by Crippen LogP contribution is 2.21. The standard InChI is InChI=1S/C24H21N5O4/c1-32-17-11-7-15(8-12-17)25-23(30)21-22(28-20-6-4-3-5-19(20)27-21)29-24(31)26-16-9-13-18(33-2)14-10-16/h3-14H,1-2H3,(H,25,30)(H2,26,28,29,31). The van der Waals surface area contributed by atoms with Crippen LogP contribution in [-0.4, -0.2) is 36.1 Å². The summed E-state index contributed by atoms with van der Waals surface area (Å²) < 4.78 is 10.3. The second-order valence-corrected chi connectivity index (χ2v) is 6.90. The highest BCUT2D eigenvalue weighted by atomic mass is 16.5. The van der Waals surface area contributed by atoms with Gasteiger partial charge in [-0.1, -0.05) is 12.1 Å². The van der Waals surface area contributed by atoms with Crippen LogP contribution in [0, 0.1) is 0 Å². The molecular formula is C24H21N5O4. The molecule has 166 valence electrons. The molecule has 33 heavy (non-hydrogen) atoms. The predicted molar refractivity (Wildman–Crippen MR) is 126 cm³/mol. The van der Waals surface area contributed by atoms with Gasteiger partial charge in [0.2, 0.25) is 0 Å². The van der Waals surface area contributed by atoms with E-state index < -0.39 is 11.9 Å². The molecule has 9 nitrogen and oxygen atoms in total. The molecule has 9 heteroatoms. The van der Waals surface area contributed by atoms with Crippen molar-refractivity contribution < 1.29 is 19.1 Å². The Kier molecular flexibility index (Phi) is 6.31. The second kappa shape index (κ2) is 9.65. The molecule has 4 aromatic rings. The first-order valence-corrected chi connectivity index (χ1v) is 10.00. The van der Waals surface area contributed by atoms with E-state index in [9.17, 15) is 9.59 Å². The molecule has 0 spiro atoms. The zero-order valence-corrected chi connectivity index (χ0v) is 18.0. The number of benzene rings is 3. The molecule has 0 unspecified atom stereocenters. The van der Waals surface area contributed by atoms with E-state index in [1.807, 2.05) is 0 Å². The molecule has 1 aromatic heterocycles. The number of hydrogen-bond acceptors (Lipinski definition) is 6. The Morgan fingerprint density at radius 1 is 0.667 bits per heavy atom. The zero-order chi connectivity index (χ0) is 23.2. The van der Waals surface area contributed by atoms with Crippen LogP contribution in [0.5, 0.6) is 11.5 Å². The predicted octanol–water partition coefficient (Wildman–Crippen LogP) is 4.54. The number of amides is 3. The van der Waals surface area contributed by atoms with Gasteiger partial charge in [0.1, 0.15) is 11.5 Å². The van der Waals surface area contributed by atoms with Gasteiger partial charge >= 0.3 is 6.03 Å². The van der Waals surface area contributed by atoms with Crippen molar-refractivity contribution in [2.24, 2.45) is 0 Å². The molecule has 0 atom stereocenters. The SMILES string of the molecule is COc1ccc(NC(=O)Nc2nc3ccccc3nc2C(=O)Nc2ccc(OC)cc2)cc1. The molecule has 0 saturated carbocycles. The van der Waals surface area contributed by atoms with Crippen LogP contribution in [-0.2, 0) is 0 Å². The summed E-state index contributed by atoms with van der Waals surface area (Å²) in [4.78, 5) is 34.5. The fraction of sp³-hybridized carbons (Fsp3) is 0.0833. The fourth-order valence-electron chi connectivity index (χ4n) is 3.05. The summed E-state index contributed by atoms with van der Waals surface area (Å²) in [5.41, 5.74) is 2.14. The van der Waals surface area contributed by atoms with Gasteiger partial charge in [0.15, 0.2) is 11.5 Å². The van der Waals surface area contributed by atoms with Gasteiger partial charge in [0.05, 0.1) is 25.3 Å². The third-order valence-corrected chi connectivity index (χ3v) is 4.71. The van der Waals surface area contributed by atoms with Crippen molar-refractivity contribution in [3.8, 4) is 11.5 Å². The minimum absolute atomic E-state index is 0.0191. The number of nitrogens with zero attached hydrogens (tertiary/aromatic N) is 2. The van der Waals surface area contributed by atoms with Crippen LogP contribution in [0.15, 0.2) is 72.8 Å². The fourth-order valence-corrected chi connectivity index (χ4v) is 3.05. The van der Waals surface area contributed by atoms with Crippen molar-refractivity contribution in [2.75, 3.05) is 30.2 Å². The number of carbonyl (C=O) groups excluding carboxylic acids is 2. The summed E-state index contributed by atoms with van der Waals surface area (Å²) in [6, 6.07) is 20.2. The van der Waals surface area contributed by atoms with Crippen LogP contribution in [0.25, 0.3) is 11.0 Å². The monoisotopic (exact) mass is 443 g/mol. The summed E-state index contributed by atoms with van der Waals surface area (Å²) in [6.45, 7) is 0. The van der Waals surface area contributed by atoms with E-state index >= 15 is 0 Å². The Morgan fingerprint density at radius 2 is 1.18 bits per heavy atom. The van der Waals surface area contributed by atoms with Crippen molar-refractivity contribution in [2.45, 2.75) is 0 Å². The summed E-state index contributed by atoms with van der Waals surface area (Å²) in [7, 11) is 3.12. The summed E-state index contributed by atoms with van der Waals surface area (Å²) in [6.07, 6.45) is 0. The van der Waals surface area contributed by atoms with Gasteiger partial charge in [0.25, 0.3) is 5.91 Å². The highest BCUT2D eigenvalue weighted by molar-refractivity contribution is 6.10. The molecule has 0 radical (unpaired) electrons. The molecule has 0 aliphatic rings. The van der Waals surface area contributed by atoms with Crippen molar-refractivity contribution in [1.82, 2.24) is 9.97 Å². The van der Waals surface area contributed by atoms with E-state index in [2.05, 4.69) is 25.9 Å². The molecule has 0 aliphatic carbocycles. The lowest BCUT2D eigenvalue weighted by Crippen LogP contribution is -2.24.